The molecule has 7 heteroatoms. The highest BCUT2D eigenvalue weighted by molar-refractivity contribution is 6.62. The molecule has 1 amide bonds. The van der Waals surface area contributed by atoms with Crippen LogP contribution < -0.4 is 16.5 Å². The lowest BCUT2D eigenvalue weighted by molar-refractivity contribution is 0.00578. The van der Waals surface area contributed by atoms with Crippen LogP contribution in [0.15, 0.2) is 60.7 Å². The van der Waals surface area contributed by atoms with Crippen LogP contribution in [0.25, 0.3) is 11.1 Å². The lowest BCUT2D eigenvalue weighted by atomic mass is 9.75. The van der Waals surface area contributed by atoms with Crippen molar-refractivity contribution >= 4 is 24.4 Å². The molecule has 1 fully saturated rings. The highest BCUT2D eigenvalue weighted by Gasteiger charge is 2.52. The number of alkyl carbamates (subject to hydrolysis) is 1. The van der Waals surface area contributed by atoms with Gasteiger partial charge in [0.1, 0.15) is 6.61 Å². The van der Waals surface area contributed by atoms with Crippen molar-refractivity contribution in [3.63, 3.8) is 0 Å². The third-order valence-corrected chi connectivity index (χ3v) is 7.84. The van der Waals surface area contributed by atoms with Gasteiger partial charge in [-0.15, -0.1) is 0 Å². The van der Waals surface area contributed by atoms with Gasteiger partial charge in [0, 0.05) is 18.2 Å². The molecule has 0 saturated carbocycles. The Hall–Kier alpha value is -3.29. The van der Waals surface area contributed by atoms with Crippen LogP contribution in [-0.2, 0) is 20.6 Å². The molecule has 0 radical (unpaired) electrons. The molecule has 1 heterocycles. The Balaban J connectivity index is 1.25. The average molecular weight is 484 g/mol. The van der Waals surface area contributed by atoms with Crippen molar-refractivity contribution in [2.75, 3.05) is 12.3 Å². The van der Waals surface area contributed by atoms with E-state index in [1.807, 2.05) is 71.0 Å². The summed E-state index contributed by atoms with van der Waals surface area (Å²) in [5.74, 6) is 0.0214. The lowest BCUT2D eigenvalue weighted by Gasteiger charge is -2.32. The first kappa shape index (κ1) is 24.4. The molecule has 1 aliphatic heterocycles. The zero-order valence-corrected chi connectivity index (χ0v) is 21.6. The molecule has 1 aliphatic carbocycles. The van der Waals surface area contributed by atoms with Gasteiger partial charge in [-0.25, -0.2) is 4.79 Å². The SMILES string of the molecule is Cc1c(N)cc(CNC(=O)OCC2c3ccccc3-c3ccccc32)cc1B1OC(C)(C)C(C)(C)O1. The number of nitrogen functional groups attached to an aromatic ring is 1. The summed E-state index contributed by atoms with van der Waals surface area (Å²) >= 11 is 0. The summed E-state index contributed by atoms with van der Waals surface area (Å²) in [6, 6.07) is 20.4. The molecule has 0 bridgehead atoms. The fourth-order valence-electron chi connectivity index (χ4n) is 4.96. The molecule has 0 atom stereocenters. The van der Waals surface area contributed by atoms with E-state index in [4.69, 9.17) is 19.8 Å². The average Bonchev–Trinajstić information content (AvgIpc) is 3.27. The van der Waals surface area contributed by atoms with Gasteiger partial charge >= 0.3 is 13.2 Å². The van der Waals surface area contributed by atoms with E-state index in [1.54, 1.807) is 0 Å². The molecule has 0 unspecified atom stereocenters. The molecule has 6 nitrogen and oxygen atoms in total. The molecule has 0 spiro atoms. The normalized spacial score (nSPS) is 17.5. The minimum atomic E-state index is -0.522. The van der Waals surface area contributed by atoms with E-state index in [0.29, 0.717) is 5.69 Å². The number of carbonyl (C=O) groups is 1. The van der Waals surface area contributed by atoms with Gasteiger partial charge in [0.05, 0.1) is 11.2 Å². The van der Waals surface area contributed by atoms with Gasteiger partial charge in [0.25, 0.3) is 0 Å². The molecule has 36 heavy (non-hydrogen) atoms. The minimum Gasteiger partial charge on any atom is -0.449 e. The molecule has 2 aliphatic rings. The number of nitrogens with one attached hydrogen (secondary N) is 1. The number of nitrogens with two attached hydrogens (primary N) is 1. The molecular formula is C29H33BN2O4. The number of rotatable bonds is 5. The first-order valence-electron chi connectivity index (χ1n) is 12.4. The fourth-order valence-corrected chi connectivity index (χ4v) is 4.96. The smallest absolute Gasteiger partial charge is 0.449 e. The second kappa shape index (κ2) is 8.98. The van der Waals surface area contributed by atoms with Crippen molar-refractivity contribution in [3.8, 4) is 11.1 Å². The maximum Gasteiger partial charge on any atom is 0.495 e. The number of ether oxygens (including phenoxy) is 1. The first-order valence-corrected chi connectivity index (χ1v) is 12.4. The zero-order chi connectivity index (χ0) is 25.7. The predicted molar refractivity (Wildman–Crippen MR) is 143 cm³/mol. The summed E-state index contributed by atoms with van der Waals surface area (Å²) in [6.07, 6.45) is -0.465. The van der Waals surface area contributed by atoms with Crippen molar-refractivity contribution in [2.24, 2.45) is 0 Å². The van der Waals surface area contributed by atoms with E-state index in [-0.39, 0.29) is 19.1 Å². The van der Waals surface area contributed by atoms with Crippen LogP contribution in [0.1, 0.15) is 55.9 Å². The zero-order valence-electron chi connectivity index (χ0n) is 21.6. The van der Waals surface area contributed by atoms with Gasteiger partial charge < -0.3 is 25.1 Å². The Morgan fingerprint density at radius 2 is 1.53 bits per heavy atom. The summed E-state index contributed by atoms with van der Waals surface area (Å²) in [7, 11) is -0.522. The van der Waals surface area contributed by atoms with Crippen molar-refractivity contribution < 1.29 is 18.8 Å². The van der Waals surface area contributed by atoms with Crippen LogP contribution in [0.3, 0.4) is 0 Å². The van der Waals surface area contributed by atoms with E-state index < -0.39 is 24.4 Å². The van der Waals surface area contributed by atoms with E-state index in [0.717, 1.165) is 16.6 Å². The Labute approximate surface area is 213 Å². The predicted octanol–water partition coefficient (Wildman–Crippen LogP) is 4.92. The maximum atomic E-state index is 12.6. The van der Waals surface area contributed by atoms with Gasteiger partial charge in [-0.1, -0.05) is 54.6 Å². The number of anilines is 1. The molecular weight excluding hydrogens is 451 g/mol. The summed E-state index contributed by atoms with van der Waals surface area (Å²) in [5.41, 5.74) is 13.5. The van der Waals surface area contributed by atoms with Gasteiger partial charge in [-0.2, -0.15) is 0 Å². The summed E-state index contributed by atoms with van der Waals surface area (Å²) in [5, 5.41) is 2.87. The molecule has 3 aromatic carbocycles. The van der Waals surface area contributed by atoms with Crippen molar-refractivity contribution in [2.45, 2.75) is 58.3 Å². The van der Waals surface area contributed by atoms with Gasteiger partial charge in [0.2, 0.25) is 0 Å². The van der Waals surface area contributed by atoms with Gasteiger partial charge in [0.15, 0.2) is 0 Å². The fraction of sp³-hybridized carbons (Fsp3) is 0.345. The Bertz CT molecular complexity index is 1260. The highest BCUT2D eigenvalue weighted by atomic mass is 16.7. The number of fused-ring (bicyclic) bond motifs is 3. The monoisotopic (exact) mass is 484 g/mol. The van der Waals surface area contributed by atoms with Crippen LogP contribution in [0.5, 0.6) is 0 Å². The lowest BCUT2D eigenvalue weighted by Crippen LogP contribution is -2.41. The van der Waals surface area contributed by atoms with Crippen molar-refractivity contribution in [3.05, 3.63) is 82.9 Å². The third kappa shape index (κ3) is 4.27. The van der Waals surface area contributed by atoms with Crippen molar-refractivity contribution in [1.82, 2.24) is 5.32 Å². The molecule has 3 aromatic rings. The second-order valence-corrected chi connectivity index (χ2v) is 10.7. The number of benzene rings is 3. The summed E-state index contributed by atoms with van der Waals surface area (Å²) in [4.78, 5) is 12.6. The summed E-state index contributed by atoms with van der Waals surface area (Å²) < 4.78 is 18.1. The van der Waals surface area contributed by atoms with Crippen LogP contribution in [0, 0.1) is 6.92 Å². The molecule has 5 rings (SSSR count). The Morgan fingerprint density at radius 3 is 2.11 bits per heavy atom. The first-order chi connectivity index (χ1) is 17.1. The van der Waals surface area contributed by atoms with E-state index >= 15 is 0 Å². The number of hydrogen-bond acceptors (Lipinski definition) is 5. The van der Waals surface area contributed by atoms with Crippen LogP contribution in [0.4, 0.5) is 10.5 Å². The third-order valence-electron chi connectivity index (χ3n) is 7.84. The number of carbonyl (C=O) groups excluding carboxylic acids is 1. The van der Waals surface area contributed by atoms with Crippen LogP contribution >= 0.6 is 0 Å². The highest BCUT2D eigenvalue weighted by Crippen LogP contribution is 2.44. The van der Waals surface area contributed by atoms with Gasteiger partial charge in [-0.05, 0) is 79.5 Å². The topological polar surface area (TPSA) is 82.8 Å². The van der Waals surface area contributed by atoms with Crippen molar-refractivity contribution in [1.29, 1.82) is 0 Å². The minimum absolute atomic E-state index is 0.0214. The number of amides is 1. The molecule has 3 N–H and O–H groups in total. The largest absolute Gasteiger partial charge is 0.495 e. The maximum absolute atomic E-state index is 12.6. The molecule has 1 saturated heterocycles. The number of hydrogen-bond donors (Lipinski definition) is 2. The second-order valence-electron chi connectivity index (χ2n) is 10.7. The van der Waals surface area contributed by atoms with E-state index in [2.05, 4.69) is 29.6 Å². The molecule has 0 aromatic heterocycles. The molecule has 186 valence electrons. The van der Waals surface area contributed by atoms with Crippen LogP contribution in [0.2, 0.25) is 0 Å². The Kier molecular flexibility index (Phi) is 6.09. The quantitative estimate of drug-likeness (QED) is 0.397. The van der Waals surface area contributed by atoms with Crippen LogP contribution in [-0.4, -0.2) is 31.0 Å². The standard InChI is InChI=1S/C29H33BN2O4/c1-18-25(30-35-28(2,3)29(4,5)36-30)14-19(15-26(18)31)16-32-27(33)34-17-24-22-12-8-6-10-20(22)21-11-7-9-13-23(21)24/h6-15,24H,16-17,31H2,1-5H3,(H,32,33). The summed E-state index contributed by atoms with van der Waals surface area (Å²) in [6.45, 7) is 10.6. The van der Waals surface area contributed by atoms with Gasteiger partial charge in [-0.3, -0.25) is 0 Å². The Morgan fingerprint density at radius 1 is 0.972 bits per heavy atom. The van der Waals surface area contributed by atoms with E-state index in [1.165, 1.54) is 22.3 Å². The van der Waals surface area contributed by atoms with E-state index in [9.17, 15) is 4.79 Å².